The van der Waals surface area contributed by atoms with Gasteiger partial charge in [-0.2, -0.15) is 0 Å². The molecule has 24 heavy (non-hydrogen) atoms. The number of nitrogens with one attached hydrogen (secondary N) is 2. The Balaban J connectivity index is 0.00000208. The minimum absolute atomic E-state index is 0. The van der Waals surface area contributed by atoms with Gasteiger partial charge in [0.05, 0.1) is 12.2 Å². The van der Waals surface area contributed by atoms with Gasteiger partial charge in [-0.15, -0.1) is 12.4 Å². The second-order valence-corrected chi connectivity index (χ2v) is 6.69. The number of anilines is 1. The average Bonchev–Trinajstić information content (AvgIpc) is 3.24. The molecule has 1 aliphatic rings. The number of carbonyl (C=O) groups excluding carboxylic acids is 1. The molecule has 5 nitrogen and oxygen atoms in total. The van der Waals surface area contributed by atoms with E-state index in [-0.39, 0.29) is 30.7 Å². The number of hydrogen-bond acceptors (Lipinski definition) is 4. The van der Waals surface area contributed by atoms with Gasteiger partial charge >= 0.3 is 0 Å². The lowest BCUT2D eigenvalue weighted by Gasteiger charge is -2.11. The fourth-order valence-electron chi connectivity index (χ4n) is 2.14. The highest BCUT2D eigenvalue weighted by Crippen LogP contribution is 2.32. The van der Waals surface area contributed by atoms with Crippen LogP contribution in [0.2, 0.25) is 0 Å². The van der Waals surface area contributed by atoms with E-state index in [0.717, 1.165) is 16.6 Å². The maximum atomic E-state index is 13.5. The van der Waals surface area contributed by atoms with Crippen LogP contribution in [0.4, 0.5) is 10.1 Å². The lowest BCUT2D eigenvalue weighted by atomic mass is 10.3. The quantitative estimate of drug-likeness (QED) is 0.786. The average molecular weight is 371 g/mol. The van der Waals surface area contributed by atoms with Crippen molar-refractivity contribution in [1.82, 2.24) is 14.9 Å². The van der Waals surface area contributed by atoms with E-state index in [1.807, 2.05) is 17.8 Å². The number of benzene rings is 1. The van der Waals surface area contributed by atoms with Crippen LogP contribution in [0.5, 0.6) is 0 Å². The molecule has 1 aromatic heterocycles. The molecular formula is C16H20ClFN4OS. The number of carbonyl (C=O) groups is 1. The highest BCUT2D eigenvalue weighted by atomic mass is 35.5. The molecule has 2 aromatic rings. The first kappa shape index (κ1) is 18.8. The van der Waals surface area contributed by atoms with Gasteiger partial charge in [-0.25, -0.2) is 9.37 Å². The van der Waals surface area contributed by atoms with Gasteiger partial charge < -0.3 is 15.2 Å². The number of halogens is 2. The van der Waals surface area contributed by atoms with Crippen LogP contribution in [0.25, 0.3) is 0 Å². The van der Waals surface area contributed by atoms with Crippen molar-refractivity contribution < 1.29 is 9.18 Å². The molecular weight excluding hydrogens is 351 g/mol. The van der Waals surface area contributed by atoms with Crippen molar-refractivity contribution in [3.63, 3.8) is 0 Å². The Morgan fingerprint density at radius 2 is 2.25 bits per heavy atom. The smallest absolute Gasteiger partial charge is 0.238 e. The molecule has 1 saturated carbocycles. The third kappa shape index (κ3) is 5.22. The van der Waals surface area contributed by atoms with Crippen LogP contribution in [-0.2, 0) is 11.8 Å². The summed E-state index contributed by atoms with van der Waals surface area (Å²) < 4.78 is 15.4. The van der Waals surface area contributed by atoms with E-state index < -0.39 is 0 Å². The maximum absolute atomic E-state index is 13.5. The summed E-state index contributed by atoms with van der Waals surface area (Å²) >= 11 is 1.39. The highest BCUT2D eigenvalue weighted by Gasteiger charge is 2.20. The molecule has 1 amide bonds. The minimum Gasteiger partial charge on any atom is -0.329 e. The van der Waals surface area contributed by atoms with Crippen molar-refractivity contribution in [2.45, 2.75) is 22.9 Å². The molecule has 1 heterocycles. The molecule has 8 heteroatoms. The first-order valence-corrected chi connectivity index (χ1v) is 8.39. The van der Waals surface area contributed by atoms with Crippen molar-refractivity contribution in [1.29, 1.82) is 0 Å². The highest BCUT2D eigenvalue weighted by molar-refractivity contribution is 7.99. The Bertz CT molecular complexity index is 705. The number of aryl methyl sites for hydroxylation is 1. The number of amides is 1. The van der Waals surface area contributed by atoms with E-state index in [4.69, 9.17) is 0 Å². The summed E-state index contributed by atoms with van der Waals surface area (Å²) in [5.74, 6) is 0.167. The van der Waals surface area contributed by atoms with Crippen LogP contribution in [0, 0.1) is 11.7 Å². The number of hydrogen-bond donors (Lipinski definition) is 2. The van der Waals surface area contributed by atoms with E-state index in [0.29, 0.717) is 11.6 Å². The summed E-state index contributed by atoms with van der Waals surface area (Å²) in [6.07, 6.45) is 6.02. The van der Waals surface area contributed by atoms with Gasteiger partial charge in [-0.1, -0.05) is 0 Å². The standard InChI is InChI=1S/C16H19FN4OS.ClH/c1-21-7-6-19-16(21)23-14-5-4-12(17)8-13(14)20-15(22)10-18-9-11-2-3-11;/h4-8,11,18H,2-3,9-10H2,1H3,(H,20,22);1H. The van der Waals surface area contributed by atoms with E-state index >= 15 is 0 Å². The van der Waals surface area contributed by atoms with Gasteiger partial charge in [-0.3, -0.25) is 4.79 Å². The van der Waals surface area contributed by atoms with Gasteiger partial charge in [0.1, 0.15) is 5.82 Å². The zero-order chi connectivity index (χ0) is 16.2. The van der Waals surface area contributed by atoms with E-state index in [9.17, 15) is 9.18 Å². The second kappa shape index (κ2) is 8.50. The Hall–Kier alpha value is -1.57. The largest absolute Gasteiger partial charge is 0.329 e. The Morgan fingerprint density at radius 1 is 1.46 bits per heavy atom. The van der Waals surface area contributed by atoms with Crippen LogP contribution in [0.3, 0.4) is 0 Å². The number of rotatable bonds is 7. The van der Waals surface area contributed by atoms with Crippen LogP contribution < -0.4 is 10.6 Å². The van der Waals surface area contributed by atoms with Crippen LogP contribution in [-0.4, -0.2) is 28.5 Å². The molecule has 0 spiro atoms. The van der Waals surface area contributed by atoms with E-state index in [2.05, 4.69) is 15.6 Å². The third-order valence-corrected chi connectivity index (χ3v) is 4.76. The Morgan fingerprint density at radius 3 is 2.92 bits per heavy atom. The number of nitrogens with zero attached hydrogens (tertiary/aromatic N) is 2. The van der Waals surface area contributed by atoms with Crippen molar-refractivity contribution >= 4 is 35.8 Å². The number of imidazole rings is 1. The lowest BCUT2D eigenvalue weighted by molar-refractivity contribution is -0.115. The molecule has 1 aliphatic carbocycles. The van der Waals surface area contributed by atoms with E-state index in [1.165, 1.54) is 36.7 Å². The van der Waals surface area contributed by atoms with Gasteiger partial charge in [0.2, 0.25) is 5.91 Å². The summed E-state index contributed by atoms with van der Waals surface area (Å²) in [4.78, 5) is 17.0. The van der Waals surface area contributed by atoms with Crippen LogP contribution >= 0.6 is 24.2 Å². The molecule has 130 valence electrons. The SMILES string of the molecule is Cl.Cn1ccnc1Sc1ccc(F)cc1NC(=O)CNCC1CC1. The van der Waals surface area contributed by atoms with Gasteiger partial charge in [0.25, 0.3) is 0 Å². The molecule has 0 radical (unpaired) electrons. The normalized spacial score (nSPS) is 13.4. The zero-order valence-electron chi connectivity index (χ0n) is 13.3. The molecule has 2 N–H and O–H groups in total. The Kier molecular flexibility index (Phi) is 6.65. The van der Waals surface area contributed by atoms with Gasteiger partial charge in [0.15, 0.2) is 5.16 Å². The molecule has 1 fully saturated rings. The monoisotopic (exact) mass is 370 g/mol. The summed E-state index contributed by atoms with van der Waals surface area (Å²) in [7, 11) is 1.89. The molecule has 0 aliphatic heterocycles. The minimum atomic E-state index is -0.379. The fraction of sp³-hybridized carbons (Fsp3) is 0.375. The van der Waals surface area contributed by atoms with E-state index in [1.54, 1.807) is 12.3 Å². The third-order valence-electron chi connectivity index (χ3n) is 3.61. The van der Waals surface area contributed by atoms with Gasteiger partial charge in [0, 0.05) is 24.3 Å². The summed E-state index contributed by atoms with van der Waals surface area (Å²) in [6, 6.07) is 4.37. The van der Waals surface area contributed by atoms with Crippen molar-refractivity contribution in [3.8, 4) is 0 Å². The molecule has 0 bridgehead atoms. The molecule has 0 saturated heterocycles. The first-order chi connectivity index (χ1) is 11.1. The van der Waals surface area contributed by atoms with Gasteiger partial charge in [-0.05, 0) is 55.3 Å². The first-order valence-electron chi connectivity index (χ1n) is 7.57. The topological polar surface area (TPSA) is 59.0 Å². The molecule has 3 rings (SSSR count). The van der Waals surface area contributed by atoms with Crippen LogP contribution in [0.15, 0.2) is 40.6 Å². The molecule has 1 aromatic carbocycles. The fourth-order valence-corrected chi connectivity index (χ4v) is 3.01. The predicted octanol–water partition coefficient (Wildman–Crippen LogP) is 3.07. The number of aromatic nitrogens is 2. The molecule has 0 atom stereocenters. The maximum Gasteiger partial charge on any atom is 0.238 e. The lowest BCUT2D eigenvalue weighted by Crippen LogP contribution is -2.29. The predicted molar refractivity (Wildman–Crippen MR) is 95.2 cm³/mol. The second-order valence-electron chi connectivity index (χ2n) is 5.69. The summed E-state index contributed by atoms with van der Waals surface area (Å²) in [5, 5.41) is 6.68. The van der Waals surface area contributed by atoms with Crippen molar-refractivity contribution in [2.24, 2.45) is 13.0 Å². The summed E-state index contributed by atoms with van der Waals surface area (Å²) in [6.45, 7) is 1.10. The summed E-state index contributed by atoms with van der Waals surface area (Å²) in [5.41, 5.74) is 0.469. The Labute approximate surface area is 150 Å². The zero-order valence-corrected chi connectivity index (χ0v) is 14.9. The van der Waals surface area contributed by atoms with Crippen LogP contribution in [0.1, 0.15) is 12.8 Å². The molecule has 0 unspecified atom stereocenters. The van der Waals surface area contributed by atoms with Crippen molar-refractivity contribution in [3.05, 3.63) is 36.4 Å². The van der Waals surface area contributed by atoms with Crippen molar-refractivity contribution in [2.75, 3.05) is 18.4 Å².